The van der Waals surface area contributed by atoms with E-state index in [1.54, 1.807) is 6.92 Å². The van der Waals surface area contributed by atoms with Crippen LogP contribution in [-0.4, -0.2) is 39.6 Å². The van der Waals surface area contributed by atoms with Gasteiger partial charge in [0.15, 0.2) is 0 Å². The van der Waals surface area contributed by atoms with E-state index >= 15 is 0 Å². The third-order valence-corrected chi connectivity index (χ3v) is 6.01. The zero-order valence-corrected chi connectivity index (χ0v) is 17.7. The summed E-state index contributed by atoms with van der Waals surface area (Å²) in [6.45, 7) is 3.50. The van der Waals surface area contributed by atoms with Crippen molar-refractivity contribution in [3.05, 3.63) is 48.5 Å². The summed E-state index contributed by atoms with van der Waals surface area (Å²) in [4.78, 5) is 13.3. The lowest BCUT2D eigenvalue weighted by molar-refractivity contribution is -0.140. The lowest BCUT2D eigenvalue weighted by atomic mass is 10.0. The molecule has 0 saturated heterocycles. The summed E-state index contributed by atoms with van der Waals surface area (Å²) < 4.78 is 27.3. The quantitative estimate of drug-likeness (QED) is 0.599. The molecular formula is C20H26N4O4S. The fraction of sp³-hybridized carbons (Fsp3) is 0.350. The van der Waals surface area contributed by atoms with Gasteiger partial charge in [-0.1, -0.05) is 20.3 Å². The van der Waals surface area contributed by atoms with Crippen LogP contribution in [0.2, 0.25) is 0 Å². The molecule has 2 unspecified atom stereocenters. The first-order valence-electron chi connectivity index (χ1n) is 9.18. The molecular weight excluding hydrogens is 392 g/mol. The minimum atomic E-state index is -3.96. The maximum Gasteiger partial charge on any atom is 0.322 e. The Morgan fingerprint density at radius 1 is 1.03 bits per heavy atom. The second-order valence-corrected chi connectivity index (χ2v) is 8.64. The van der Waals surface area contributed by atoms with E-state index in [0.717, 1.165) is 5.69 Å². The second kappa shape index (κ2) is 9.62. The molecule has 29 heavy (non-hydrogen) atoms. The number of rotatable bonds is 9. The first-order chi connectivity index (χ1) is 13.6. The van der Waals surface area contributed by atoms with Crippen molar-refractivity contribution in [2.24, 2.45) is 16.1 Å². The molecule has 0 fully saturated rings. The number of hydrogen-bond acceptors (Lipinski definition) is 6. The van der Waals surface area contributed by atoms with Gasteiger partial charge in [0.2, 0.25) is 10.0 Å². The van der Waals surface area contributed by atoms with E-state index in [1.807, 2.05) is 50.2 Å². The molecule has 0 bridgehead atoms. The van der Waals surface area contributed by atoms with Gasteiger partial charge in [-0.3, -0.25) is 4.79 Å². The van der Waals surface area contributed by atoms with Crippen LogP contribution >= 0.6 is 0 Å². The van der Waals surface area contributed by atoms with Crippen molar-refractivity contribution in [2.45, 2.75) is 31.2 Å². The van der Waals surface area contributed by atoms with Crippen LogP contribution in [0.25, 0.3) is 0 Å². The third-order valence-electron chi connectivity index (χ3n) is 4.56. The summed E-state index contributed by atoms with van der Waals surface area (Å²) in [6, 6.07) is 12.1. The van der Waals surface area contributed by atoms with Gasteiger partial charge in [-0.15, -0.1) is 0 Å². The molecule has 2 N–H and O–H groups in total. The Hall–Kier alpha value is -2.78. The van der Waals surface area contributed by atoms with Gasteiger partial charge in [0.05, 0.1) is 16.3 Å². The van der Waals surface area contributed by atoms with Gasteiger partial charge in [0, 0.05) is 19.8 Å². The fourth-order valence-corrected chi connectivity index (χ4v) is 3.80. The van der Waals surface area contributed by atoms with Crippen LogP contribution in [0.5, 0.6) is 0 Å². The molecule has 0 aliphatic heterocycles. The standard InChI is InChI=1S/C20H26N4O4S/c1-5-14(2)19(20(25)26)23-29(27,28)18-12-8-16(9-13-18)22-21-15-6-10-17(11-7-15)24(3)4/h6-14,19,23H,5H2,1-4H3,(H,25,26). The number of sulfonamides is 1. The summed E-state index contributed by atoms with van der Waals surface area (Å²) in [6.07, 6.45) is 0.536. The minimum absolute atomic E-state index is 0.0265. The predicted octanol–water partition coefficient (Wildman–Crippen LogP) is 3.95. The van der Waals surface area contributed by atoms with E-state index < -0.39 is 22.0 Å². The number of carbonyl (C=O) groups is 1. The molecule has 2 atom stereocenters. The topological polar surface area (TPSA) is 111 Å². The summed E-state index contributed by atoms with van der Waals surface area (Å²) in [7, 11) is -0.0702. The Kier molecular flexibility index (Phi) is 7.46. The van der Waals surface area contributed by atoms with E-state index in [0.29, 0.717) is 17.8 Å². The van der Waals surface area contributed by atoms with Gasteiger partial charge in [0.1, 0.15) is 6.04 Å². The number of carboxylic acid groups (broad SMARTS) is 1. The molecule has 2 rings (SSSR count). The zero-order chi connectivity index (χ0) is 21.6. The van der Waals surface area contributed by atoms with Gasteiger partial charge in [-0.25, -0.2) is 8.42 Å². The monoisotopic (exact) mass is 418 g/mol. The summed E-state index contributed by atoms with van der Waals surface area (Å²) in [5, 5.41) is 17.5. The van der Waals surface area contributed by atoms with Gasteiger partial charge >= 0.3 is 5.97 Å². The number of azo groups is 1. The Morgan fingerprint density at radius 2 is 1.52 bits per heavy atom. The largest absolute Gasteiger partial charge is 0.480 e. The second-order valence-electron chi connectivity index (χ2n) is 6.93. The SMILES string of the molecule is CCC(C)C(NS(=O)(=O)c1ccc(N=Nc2ccc(N(C)C)cc2)cc1)C(=O)O. The molecule has 0 amide bonds. The van der Waals surface area contributed by atoms with Crippen molar-refractivity contribution >= 4 is 33.1 Å². The maximum absolute atomic E-state index is 12.5. The van der Waals surface area contributed by atoms with Gasteiger partial charge in [-0.2, -0.15) is 15.0 Å². The molecule has 0 radical (unpaired) electrons. The molecule has 156 valence electrons. The average Bonchev–Trinajstić information content (AvgIpc) is 2.70. The van der Waals surface area contributed by atoms with Crippen molar-refractivity contribution < 1.29 is 18.3 Å². The van der Waals surface area contributed by atoms with Crippen LogP contribution < -0.4 is 9.62 Å². The summed E-state index contributed by atoms with van der Waals surface area (Å²) in [5.41, 5.74) is 2.20. The van der Waals surface area contributed by atoms with Crippen molar-refractivity contribution in [3.8, 4) is 0 Å². The van der Waals surface area contributed by atoms with Crippen LogP contribution in [0, 0.1) is 5.92 Å². The molecule has 2 aromatic rings. The number of hydrogen-bond donors (Lipinski definition) is 2. The van der Waals surface area contributed by atoms with Crippen molar-refractivity contribution in [1.82, 2.24) is 4.72 Å². The molecule has 0 heterocycles. The Bertz CT molecular complexity index is 955. The highest BCUT2D eigenvalue weighted by Crippen LogP contribution is 2.23. The highest BCUT2D eigenvalue weighted by atomic mass is 32.2. The molecule has 0 saturated carbocycles. The number of anilines is 1. The van der Waals surface area contributed by atoms with Crippen LogP contribution in [0.1, 0.15) is 20.3 Å². The first kappa shape index (κ1) is 22.5. The van der Waals surface area contributed by atoms with Gasteiger partial charge in [-0.05, 0) is 54.4 Å². The number of aliphatic carboxylic acids is 1. The lowest BCUT2D eigenvalue weighted by Gasteiger charge is -2.20. The lowest BCUT2D eigenvalue weighted by Crippen LogP contribution is -2.44. The molecule has 0 spiro atoms. The van der Waals surface area contributed by atoms with E-state index in [9.17, 15) is 18.3 Å². The molecule has 8 nitrogen and oxygen atoms in total. The molecule has 0 aliphatic carbocycles. The van der Waals surface area contributed by atoms with Crippen LogP contribution in [0.4, 0.5) is 17.1 Å². The Balaban J connectivity index is 2.13. The van der Waals surface area contributed by atoms with E-state index in [1.165, 1.54) is 24.3 Å². The highest BCUT2D eigenvalue weighted by Gasteiger charge is 2.29. The molecule has 9 heteroatoms. The third kappa shape index (κ3) is 6.10. The fourth-order valence-electron chi connectivity index (χ4n) is 2.51. The predicted molar refractivity (Wildman–Crippen MR) is 113 cm³/mol. The first-order valence-corrected chi connectivity index (χ1v) is 10.7. The van der Waals surface area contributed by atoms with Crippen LogP contribution in [0.15, 0.2) is 63.7 Å². The minimum Gasteiger partial charge on any atom is -0.480 e. The van der Waals surface area contributed by atoms with Crippen molar-refractivity contribution in [1.29, 1.82) is 0 Å². The number of benzene rings is 2. The van der Waals surface area contributed by atoms with Crippen molar-refractivity contribution in [2.75, 3.05) is 19.0 Å². The number of nitrogens with one attached hydrogen (secondary N) is 1. The molecule has 2 aromatic carbocycles. The van der Waals surface area contributed by atoms with Gasteiger partial charge < -0.3 is 10.0 Å². The van der Waals surface area contributed by atoms with E-state index in [-0.39, 0.29) is 10.8 Å². The summed E-state index contributed by atoms with van der Waals surface area (Å²) in [5.74, 6) is -1.54. The Morgan fingerprint density at radius 3 is 1.93 bits per heavy atom. The number of nitrogens with zero attached hydrogens (tertiary/aromatic N) is 3. The Labute approximate surface area is 171 Å². The normalized spacial score (nSPS) is 13.9. The highest BCUT2D eigenvalue weighted by molar-refractivity contribution is 7.89. The maximum atomic E-state index is 12.5. The molecule has 0 aliphatic rings. The van der Waals surface area contributed by atoms with Crippen LogP contribution in [0.3, 0.4) is 0 Å². The number of carboxylic acids is 1. The van der Waals surface area contributed by atoms with E-state index in [4.69, 9.17) is 0 Å². The zero-order valence-electron chi connectivity index (χ0n) is 16.9. The molecule has 0 aromatic heterocycles. The smallest absolute Gasteiger partial charge is 0.322 e. The van der Waals surface area contributed by atoms with E-state index in [2.05, 4.69) is 15.0 Å². The van der Waals surface area contributed by atoms with Crippen LogP contribution in [-0.2, 0) is 14.8 Å². The summed E-state index contributed by atoms with van der Waals surface area (Å²) >= 11 is 0. The van der Waals surface area contributed by atoms with Crippen molar-refractivity contribution in [3.63, 3.8) is 0 Å². The van der Waals surface area contributed by atoms with Gasteiger partial charge in [0.25, 0.3) is 0 Å². The average molecular weight is 419 g/mol.